The molecule has 0 aliphatic rings. The van der Waals surface area contributed by atoms with Crippen molar-refractivity contribution in [2.45, 2.75) is 26.2 Å². The van der Waals surface area contributed by atoms with Crippen LogP contribution in [-0.2, 0) is 4.79 Å². The molecular weight excluding hydrogens is 261 g/mol. The van der Waals surface area contributed by atoms with Crippen molar-refractivity contribution in [3.05, 3.63) is 33.8 Å². The average Bonchev–Trinajstić information content (AvgIpc) is 2.28. The Bertz CT molecular complexity index is 409. The molecule has 0 saturated heterocycles. The minimum absolute atomic E-state index is 0.193. The van der Waals surface area contributed by atoms with Gasteiger partial charge in [-0.1, -0.05) is 36.2 Å². The fourth-order valence-corrected chi connectivity index (χ4v) is 1.77. The summed E-state index contributed by atoms with van der Waals surface area (Å²) in [6.07, 6.45) is 0.661. The Kier molecular flexibility index (Phi) is 5.25. The van der Waals surface area contributed by atoms with Crippen molar-refractivity contribution < 1.29 is 10.0 Å². The first-order valence-corrected chi connectivity index (χ1v) is 6.09. The third-order valence-corrected chi connectivity index (χ3v) is 3.39. The van der Waals surface area contributed by atoms with Gasteiger partial charge in [-0.25, -0.2) is 5.06 Å². The number of hydroxylamine groups is 2. The van der Waals surface area contributed by atoms with E-state index in [9.17, 15) is 10.0 Å². The molecule has 0 bridgehead atoms. The van der Waals surface area contributed by atoms with Crippen molar-refractivity contribution >= 4 is 29.1 Å². The Hall–Kier alpha value is -0.770. The topological polar surface area (TPSA) is 40.5 Å². The minimum atomic E-state index is -0.355. The molecule has 0 spiro atoms. The molecule has 1 atom stereocenters. The summed E-state index contributed by atoms with van der Waals surface area (Å²) in [6, 6.07) is 5.45. The first-order valence-electron chi connectivity index (χ1n) is 5.33. The Morgan fingerprint density at radius 3 is 2.59 bits per heavy atom. The van der Waals surface area contributed by atoms with Gasteiger partial charge >= 0.3 is 0 Å². The molecular formula is C12H15Cl2NO2. The first-order chi connectivity index (χ1) is 7.91. The van der Waals surface area contributed by atoms with Gasteiger partial charge in [-0.15, -0.1) is 0 Å². The van der Waals surface area contributed by atoms with Crippen LogP contribution in [-0.4, -0.2) is 22.7 Å². The number of carbonyl (C=O) groups excluding carboxylic acids is 1. The number of carbonyl (C=O) groups is 1. The Morgan fingerprint density at radius 1 is 1.41 bits per heavy atom. The largest absolute Gasteiger partial charge is 0.286 e. The van der Waals surface area contributed by atoms with E-state index in [2.05, 4.69) is 0 Å². The van der Waals surface area contributed by atoms with E-state index in [1.54, 1.807) is 6.07 Å². The monoisotopic (exact) mass is 275 g/mol. The van der Waals surface area contributed by atoms with Crippen LogP contribution in [0.4, 0.5) is 0 Å². The molecule has 0 fully saturated rings. The van der Waals surface area contributed by atoms with Crippen LogP contribution in [0.25, 0.3) is 0 Å². The Morgan fingerprint density at radius 2 is 2.06 bits per heavy atom. The lowest BCUT2D eigenvalue weighted by molar-refractivity contribution is -0.162. The zero-order valence-corrected chi connectivity index (χ0v) is 11.3. The molecule has 5 heteroatoms. The smallest absolute Gasteiger partial charge is 0.242 e. The summed E-state index contributed by atoms with van der Waals surface area (Å²) < 4.78 is 0. The molecule has 1 rings (SSSR count). The van der Waals surface area contributed by atoms with E-state index in [-0.39, 0.29) is 11.8 Å². The summed E-state index contributed by atoms with van der Waals surface area (Å²) in [5, 5.41) is 11.0. The van der Waals surface area contributed by atoms with Gasteiger partial charge in [0, 0.05) is 13.5 Å². The molecule has 1 aromatic carbocycles. The van der Waals surface area contributed by atoms with E-state index in [0.717, 1.165) is 5.56 Å². The predicted molar refractivity (Wildman–Crippen MR) is 68.7 cm³/mol. The van der Waals surface area contributed by atoms with Gasteiger partial charge in [0.1, 0.15) is 0 Å². The molecule has 0 heterocycles. The summed E-state index contributed by atoms with van der Waals surface area (Å²) in [4.78, 5) is 10.8. The van der Waals surface area contributed by atoms with Crippen molar-refractivity contribution in [2.75, 3.05) is 6.54 Å². The number of amides is 1. The number of benzene rings is 1. The van der Waals surface area contributed by atoms with E-state index in [4.69, 9.17) is 23.2 Å². The molecule has 0 aliphatic carbocycles. The molecule has 1 N–H and O–H groups in total. The number of rotatable bonds is 4. The molecule has 1 unspecified atom stereocenters. The van der Waals surface area contributed by atoms with Gasteiger partial charge < -0.3 is 0 Å². The van der Waals surface area contributed by atoms with Gasteiger partial charge in [0.25, 0.3) is 0 Å². The Labute approximate surface area is 111 Å². The molecule has 94 valence electrons. The average molecular weight is 276 g/mol. The standard InChI is InChI=1S/C12H15Cl2NO2/c1-8(5-6-15(17)9(2)16)10-3-4-11(13)12(14)7-10/h3-4,7-8,17H,5-6H2,1-2H3. The van der Waals surface area contributed by atoms with Crippen molar-refractivity contribution in [3.63, 3.8) is 0 Å². The fourth-order valence-electron chi connectivity index (χ4n) is 1.46. The van der Waals surface area contributed by atoms with Gasteiger partial charge in [0.15, 0.2) is 0 Å². The SMILES string of the molecule is CC(=O)N(O)CCC(C)c1ccc(Cl)c(Cl)c1. The lowest BCUT2D eigenvalue weighted by Crippen LogP contribution is -2.26. The molecule has 1 aromatic rings. The number of nitrogens with zero attached hydrogens (tertiary/aromatic N) is 1. The lowest BCUT2D eigenvalue weighted by Gasteiger charge is -2.17. The zero-order valence-electron chi connectivity index (χ0n) is 9.78. The molecule has 1 amide bonds. The van der Waals surface area contributed by atoms with Gasteiger partial charge in [-0.2, -0.15) is 0 Å². The fraction of sp³-hybridized carbons (Fsp3) is 0.417. The summed E-state index contributed by atoms with van der Waals surface area (Å²) in [6.45, 7) is 3.63. The molecule has 3 nitrogen and oxygen atoms in total. The summed E-state index contributed by atoms with van der Waals surface area (Å²) >= 11 is 11.8. The summed E-state index contributed by atoms with van der Waals surface area (Å²) in [5.74, 6) is -0.162. The molecule has 0 aromatic heterocycles. The van der Waals surface area contributed by atoms with Crippen molar-refractivity contribution in [2.24, 2.45) is 0 Å². The van der Waals surface area contributed by atoms with Crippen LogP contribution >= 0.6 is 23.2 Å². The summed E-state index contributed by atoms with van der Waals surface area (Å²) in [5.41, 5.74) is 1.04. The minimum Gasteiger partial charge on any atom is -0.286 e. The van der Waals surface area contributed by atoms with Crippen molar-refractivity contribution in [1.82, 2.24) is 5.06 Å². The van der Waals surface area contributed by atoms with Gasteiger partial charge in [-0.05, 0) is 30.0 Å². The number of halogens is 2. The summed E-state index contributed by atoms with van der Waals surface area (Å²) in [7, 11) is 0. The maximum atomic E-state index is 10.8. The van der Waals surface area contributed by atoms with E-state index in [1.807, 2.05) is 19.1 Å². The first kappa shape index (κ1) is 14.3. The van der Waals surface area contributed by atoms with Crippen LogP contribution < -0.4 is 0 Å². The normalized spacial score (nSPS) is 12.3. The number of hydrogen-bond acceptors (Lipinski definition) is 2. The number of hydrogen-bond donors (Lipinski definition) is 1. The second-order valence-electron chi connectivity index (χ2n) is 4.01. The van der Waals surface area contributed by atoms with Crippen molar-refractivity contribution in [3.8, 4) is 0 Å². The van der Waals surface area contributed by atoms with E-state index < -0.39 is 0 Å². The highest BCUT2D eigenvalue weighted by Gasteiger charge is 2.11. The molecule has 0 radical (unpaired) electrons. The highest BCUT2D eigenvalue weighted by molar-refractivity contribution is 6.42. The predicted octanol–water partition coefficient (Wildman–Crippen LogP) is 3.72. The van der Waals surface area contributed by atoms with Crippen LogP contribution in [0.3, 0.4) is 0 Å². The second-order valence-corrected chi connectivity index (χ2v) is 4.82. The van der Waals surface area contributed by atoms with E-state index in [1.165, 1.54) is 6.92 Å². The molecule has 17 heavy (non-hydrogen) atoms. The van der Waals surface area contributed by atoms with Gasteiger partial charge in [-0.3, -0.25) is 10.0 Å². The van der Waals surface area contributed by atoms with Crippen LogP contribution in [0.15, 0.2) is 18.2 Å². The highest BCUT2D eigenvalue weighted by Crippen LogP contribution is 2.27. The third kappa shape index (κ3) is 4.19. The van der Waals surface area contributed by atoms with Crippen LogP contribution in [0.2, 0.25) is 10.0 Å². The zero-order chi connectivity index (χ0) is 13.0. The van der Waals surface area contributed by atoms with Crippen LogP contribution in [0.5, 0.6) is 0 Å². The molecule has 0 saturated carbocycles. The third-order valence-electron chi connectivity index (χ3n) is 2.65. The lowest BCUT2D eigenvalue weighted by atomic mass is 9.98. The highest BCUT2D eigenvalue weighted by atomic mass is 35.5. The maximum absolute atomic E-state index is 10.8. The maximum Gasteiger partial charge on any atom is 0.242 e. The van der Waals surface area contributed by atoms with E-state index >= 15 is 0 Å². The van der Waals surface area contributed by atoms with Gasteiger partial charge in [0.2, 0.25) is 5.91 Å². The second kappa shape index (κ2) is 6.24. The van der Waals surface area contributed by atoms with Crippen LogP contribution in [0, 0.1) is 0 Å². The van der Waals surface area contributed by atoms with Crippen molar-refractivity contribution in [1.29, 1.82) is 0 Å². The van der Waals surface area contributed by atoms with Crippen LogP contribution in [0.1, 0.15) is 31.7 Å². The van der Waals surface area contributed by atoms with Gasteiger partial charge in [0.05, 0.1) is 10.0 Å². The van der Waals surface area contributed by atoms with E-state index in [0.29, 0.717) is 28.1 Å². The quantitative estimate of drug-likeness (QED) is 0.672. The Balaban J connectivity index is 2.60. The molecule has 0 aliphatic heterocycles.